The lowest BCUT2D eigenvalue weighted by Crippen LogP contribution is -2.39. The van der Waals surface area contributed by atoms with Crippen LogP contribution in [0, 0.1) is 0 Å². The second-order valence-corrected chi connectivity index (χ2v) is 5.82. The van der Waals surface area contributed by atoms with Crippen molar-refractivity contribution in [3.63, 3.8) is 0 Å². The number of amides is 1. The number of aromatic nitrogens is 2. The maximum Gasteiger partial charge on any atom is 0.223 e. The Labute approximate surface area is 115 Å². The number of carbonyl (C=O) groups excluding carboxylic acids is 1. The Morgan fingerprint density at radius 3 is 2.79 bits per heavy atom. The zero-order valence-electron chi connectivity index (χ0n) is 12.1. The van der Waals surface area contributed by atoms with E-state index < -0.39 is 0 Å². The number of imidazole rings is 1. The van der Waals surface area contributed by atoms with E-state index in [1.807, 2.05) is 12.5 Å². The van der Waals surface area contributed by atoms with E-state index in [4.69, 9.17) is 0 Å². The predicted octanol–water partition coefficient (Wildman–Crippen LogP) is 1.00. The maximum atomic E-state index is 11.7. The van der Waals surface area contributed by atoms with Crippen molar-refractivity contribution in [3.05, 3.63) is 18.2 Å². The number of nitrogens with zero attached hydrogens (tertiary/aromatic N) is 3. The van der Waals surface area contributed by atoms with Gasteiger partial charge in [-0.15, -0.1) is 0 Å². The number of carbonyl (C=O) groups is 1. The third kappa shape index (κ3) is 3.15. The first-order valence-electron chi connectivity index (χ1n) is 6.94. The van der Waals surface area contributed by atoms with Gasteiger partial charge in [-0.2, -0.15) is 0 Å². The molecule has 0 aromatic carbocycles. The summed E-state index contributed by atoms with van der Waals surface area (Å²) in [5.41, 5.74) is 1.45. The Balaban J connectivity index is 2.07. The molecule has 1 aliphatic rings. The lowest BCUT2D eigenvalue weighted by Gasteiger charge is -2.34. The van der Waals surface area contributed by atoms with Crippen molar-refractivity contribution >= 4 is 5.91 Å². The fourth-order valence-electron chi connectivity index (χ4n) is 2.68. The average molecular weight is 264 g/mol. The molecule has 0 unspecified atom stereocenters. The van der Waals surface area contributed by atoms with Gasteiger partial charge in [0.1, 0.15) is 0 Å². The Morgan fingerprint density at radius 2 is 2.16 bits per heavy atom. The molecule has 1 amide bonds. The Bertz CT molecular complexity index is 432. The smallest absolute Gasteiger partial charge is 0.223 e. The third-order valence-corrected chi connectivity index (χ3v) is 4.10. The summed E-state index contributed by atoms with van der Waals surface area (Å²) in [5, 5.41) is 3.40. The molecule has 1 aliphatic heterocycles. The minimum Gasteiger partial charge on any atom is -0.349 e. The Hall–Kier alpha value is -1.36. The van der Waals surface area contributed by atoms with E-state index in [1.54, 1.807) is 19.0 Å². The van der Waals surface area contributed by atoms with Crippen LogP contribution in [0.15, 0.2) is 12.5 Å². The van der Waals surface area contributed by atoms with E-state index >= 15 is 0 Å². The number of piperidine rings is 1. The Kier molecular flexibility index (Phi) is 4.24. The van der Waals surface area contributed by atoms with Crippen molar-refractivity contribution in [3.8, 4) is 0 Å². The highest BCUT2D eigenvalue weighted by atomic mass is 16.2. The van der Waals surface area contributed by atoms with Crippen LogP contribution >= 0.6 is 0 Å². The first-order chi connectivity index (χ1) is 9.03. The zero-order valence-corrected chi connectivity index (χ0v) is 12.1. The van der Waals surface area contributed by atoms with Gasteiger partial charge in [-0.3, -0.25) is 4.79 Å². The van der Waals surface area contributed by atoms with Gasteiger partial charge in [-0.1, -0.05) is 6.92 Å². The van der Waals surface area contributed by atoms with E-state index in [9.17, 15) is 4.79 Å². The second kappa shape index (κ2) is 5.74. The molecule has 19 heavy (non-hydrogen) atoms. The van der Waals surface area contributed by atoms with Crippen LogP contribution in [0.25, 0.3) is 0 Å². The SMILES string of the molecule is CN(C)C(=O)CCn1cncc1C1(C)CCNCC1. The summed E-state index contributed by atoms with van der Waals surface area (Å²) >= 11 is 0. The van der Waals surface area contributed by atoms with E-state index in [1.165, 1.54) is 5.69 Å². The molecular weight excluding hydrogens is 240 g/mol. The minimum atomic E-state index is 0.162. The quantitative estimate of drug-likeness (QED) is 0.883. The summed E-state index contributed by atoms with van der Waals surface area (Å²) in [6.45, 7) is 5.13. The van der Waals surface area contributed by atoms with Crippen molar-refractivity contribution in [1.82, 2.24) is 19.8 Å². The molecule has 1 aromatic heterocycles. The van der Waals surface area contributed by atoms with Crippen molar-refractivity contribution in [2.24, 2.45) is 0 Å². The zero-order chi connectivity index (χ0) is 13.9. The first-order valence-corrected chi connectivity index (χ1v) is 6.94. The molecule has 5 heteroatoms. The van der Waals surface area contributed by atoms with E-state index in [2.05, 4.69) is 21.8 Å². The van der Waals surface area contributed by atoms with Crippen LogP contribution in [0.2, 0.25) is 0 Å². The summed E-state index contributed by atoms with van der Waals surface area (Å²) in [6.07, 6.45) is 6.60. The Morgan fingerprint density at radius 1 is 1.47 bits per heavy atom. The molecule has 0 radical (unpaired) electrons. The van der Waals surface area contributed by atoms with Crippen LogP contribution in [-0.4, -0.2) is 47.5 Å². The molecule has 1 saturated heterocycles. The van der Waals surface area contributed by atoms with Crippen LogP contribution in [0.5, 0.6) is 0 Å². The van der Waals surface area contributed by atoms with Crippen LogP contribution in [0.3, 0.4) is 0 Å². The molecule has 2 rings (SSSR count). The third-order valence-electron chi connectivity index (χ3n) is 4.10. The van der Waals surface area contributed by atoms with Gasteiger partial charge in [0, 0.05) is 44.4 Å². The van der Waals surface area contributed by atoms with Gasteiger partial charge in [-0.05, 0) is 25.9 Å². The first kappa shape index (κ1) is 14.1. The van der Waals surface area contributed by atoms with Crippen LogP contribution < -0.4 is 5.32 Å². The van der Waals surface area contributed by atoms with Crippen molar-refractivity contribution < 1.29 is 4.79 Å². The van der Waals surface area contributed by atoms with Gasteiger partial charge < -0.3 is 14.8 Å². The van der Waals surface area contributed by atoms with Gasteiger partial charge in [0.2, 0.25) is 5.91 Å². The van der Waals surface area contributed by atoms with Gasteiger partial charge in [0.05, 0.1) is 6.33 Å². The summed E-state index contributed by atoms with van der Waals surface area (Å²) < 4.78 is 2.15. The molecule has 1 fully saturated rings. The topological polar surface area (TPSA) is 50.2 Å². The van der Waals surface area contributed by atoms with Gasteiger partial charge in [0.25, 0.3) is 0 Å². The molecule has 1 aromatic rings. The number of hydrogen-bond donors (Lipinski definition) is 1. The largest absolute Gasteiger partial charge is 0.349 e. The van der Waals surface area contributed by atoms with E-state index in [0.29, 0.717) is 6.42 Å². The maximum absolute atomic E-state index is 11.7. The molecule has 106 valence electrons. The van der Waals surface area contributed by atoms with E-state index in [0.717, 1.165) is 32.5 Å². The summed E-state index contributed by atoms with van der Waals surface area (Å²) in [7, 11) is 3.59. The standard InChI is InChI=1S/C14H24N4O/c1-14(5-7-15-8-6-14)12-10-16-11-18(12)9-4-13(19)17(2)3/h10-11,15H,4-9H2,1-3H3. The molecule has 5 nitrogen and oxygen atoms in total. The number of nitrogens with one attached hydrogen (secondary N) is 1. The molecule has 0 aliphatic carbocycles. The van der Waals surface area contributed by atoms with Crippen molar-refractivity contribution in [1.29, 1.82) is 0 Å². The lowest BCUT2D eigenvalue weighted by molar-refractivity contribution is -0.128. The highest BCUT2D eigenvalue weighted by Gasteiger charge is 2.31. The fraction of sp³-hybridized carbons (Fsp3) is 0.714. The monoisotopic (exact) mass is 264 g/mol. The highest BCUT2D eigenvalue weighted by Crippen LogP contribution is 2.32. The summed E-state index contributed by atoms with van der Waals surface area (Å²) in [4.78, 5) is 17.6. The number of hydrogen-bond acceptors (Lipinski definition) is 3. The van der Waals surface area contributed by atoms with Crippen LogP contribution in [0.4, 0.5) is 0 Å². The molecule has 0 bridgehead atoms. The normalized spacial score (nSPS) is 18.3. The average Bonchev–Trinajstić information content (AvgIpc) is 2.85. The molecule has 0 spiro atoms. The molecule has 0 atom stereocenters. The fourth-order valence-corrected chi connectivity index (χ4v) is 2.68. The highest BCUT2D eigenvalue weighted by molar-refractivity contribution is 5.75. The number of rotatable bonds is 4. The van der Waals surface area contributed by atoms with Crippen molar-refractivity contribution in [2.45, 2.75) is 38.1 Å². The second-order valence-electron chi connectivity index (χ2n) is 5.82. The summed E-state index contributed by atoms with van der Waals surface area (Å²) in [6, 6.07) is 0. The van der Waals surface area contributed by atoms with Crippen molar-refractivity contribution in [2.75, 3.05) is 27.2 Å². The molecule has 2 heterocycles. The van der Waals surface area contributed by atoms with E-state index in [-0.39, 0.29) is 11.3 Å². The lowest BCUT2D eigenvalue weighted by atomic mass is 9.78. The molecule has 1 N–H and O–H groups in total. The predicted molar refractivity (Wildman–Crippen MR) is 75.0 cm³/mol. The van der Waals surface area contributed by atoms with Gasteiger partial charge >= 0.3 is 0 Å². The molecule has 0 saturated carbocycles. The number of aryl methyl sites for hydroxylation is 1. The van der Waals surface area contributed by atoms with Crippen LogP contribution in [-0.2, 0) is 16.8 Å². The van der Waals surface area contributed by atoms with Crippen LogP contribution in [0.1, 0.15) is 31.9 Å². The minimum absolute atomic E-state index is 0.162. The summed E-state index contributed by atoms with van der Waals surface area (Å²) in [5.74, 6) is 0.162. The molecular formula is C14H24N4O. The van der Waals surface area contributed by atoms with Gasteiger partial charge in [-0.25, -0.2) is 4.98 Å². The van der Waals surface area contributed by atoms with Gasteiger partial charge in [0.15, 0.2) is 0 Å².